The van der Waals surface area contributed by atoms with E-state index in [4.69, 9.17) is 0 Å². The van der Waals surface area contributed by atoms with Crippen LogP contribution in [0.4, 0.5) is 0 Å². The minimum absolute atomic E-state index is 0.254. The van der Waals surface area contributed by atoms with Crippen LogP contribution in [0.1, 0.15) is 5.56 Å². The molecule has 0 fully saturated rings. The molecule has 0 saturated heterocycles. The summed E-state index contributed by atoms with van der Waals surface area (Å²) in [5.41, 5.74) is 1.11. The van der Waals surface area contributed by atoms with Crippen molar-refractivity contribution in [2.75, 3.05) is 12.0 Å². The van der Waals surface area contributed by atoms with Crippen molar-refractivity contribution in [3.8, 4) is 0 Å². The third kappa shape index (κ3) is 3.53. The first-order valence-electron chi connectivity index (χ1n) is 3.27. The van der Waals surface area contributed by atoms with Crippen molar-refractivity contribution in [3.05, 3.63) is 22.4 Å². The molecule has 0 aliphatic heterocycles. The van der Waals surface area contributed by atoms with Gasteiger partial charge in [0.15, 0.2) is 0 Å². The first-order chi connectivity index (χ1) is 5.08. The predicted octanol–water partition coefficient (Wildman–Crippen LogP) is 1.34. The molecule has 0 bridgehead atoms. The Hall–Kier alpha value is -0.350. The zero-order valence-electron chi connectivity index (χ0n) is 6.28. The molecule has 0 aliphatic carbocycles. The minimum atomic E-state index is -2.80. The van der Waals surface area contributed by atoms with Gasteiger partial charge in [0.2, 0.25) is 0 Å². The lowest BCUT2D eigenvalue weighted by Crippen LogP contribution is -2.04. The molecule has 11 heavy (non-hydrogen) atoms. The van der Waals surface area contributed by atoms with E-state index in [-0.39, 0.29) is 5.75 Å². The molecule has 2 nitrogen and oxygen atoms in total. The zero-order chi connectivity index (χ0) is 8.32. The van der Waals surface area contributed by atoms with E-state index >= 15 is 0 Å². The average molecular weight is 190 g/mol. The van der Waals surface area contributed by atoms with Gasteiger partial charge in [-0.05, 0) is 28.8 Å². The SMILES string of the molecule is CS(=O)(=O)CCc1ccsc1. The molecule has 0 unspecified atom stereocenters. The third-order valence-corrected chi connectivity index (χ3v) is 3.02. The van der Waals surface area contributed by atoms with Gasteiger partial charge in [-0.15, -0.1) is 0 Å². The molecule has 1 aromatic rings. The van der Waals surface area contributed by atoms with Crippen LogP contribution in [0.25, 0.3) is 0 Å². The molecule has 4 heteroatoms. The quantitative estimate of drug-likeness (QED) is 0.720. The third-order valence-electron chi connectivity index (χ3n) is 1.34. The van der Waals surface area contributed by atoms with E-state index < -0.39 is 9.84 Å². The van der Waals surface area contributed by atoms with E-state index in [1.807, 2.05) is 16.8 Å². The summed E-state index contributed by atoms with van der Waals surface area (Å²) < 4.78 is 21.5. The van der Waals surface area contributed by atoms with Crippen molar-refractivity contribution in [1.29, 1.82) is 0 Å². The van der Waals surface area contributed by atoms with Gasteiger partial charge in [0.25, 0.3) is 0 Å². The van der Waals surface area contributed by atoms with Gasteiger partial charge in [-0.2, -0.15) is 11.3 Å². The van der Waals surface area contributed by atoms with Gasteiger partial charge in [0, 0.05) is 6.26 Å². The molecule has 0 saturated carbocycles. The van der Waals surface area contributed by atoms with Gasteiger partial charge in [-0.25, -0.2) is 8.42 Å². The van der Waals surface area contributed by atoms with E-state index in [9.17, 15) is 8.42 Å². The van der Waals surface area contributed by atoms with Gasteiger partial charge >= 0.3 is 0 Å². The molecule has 1 rings (SSSR count). The fourth-order valence-corrected chi connectivity index (χ4v) is 2.05. The maximum Gasteiger partial charge on any atom is 0.147 e. The Morgan fingerprint density at radius 3 is 2.73 bits per heavy atom. The van der Waals surface area contributed by atoms with Crippen molar-refractivity contribution in [2.45, 2.75) is 6.42 Å². The monoisotopic (exact) mass is 190 g/mol. The maximum atomic E-state index is 10.7. The summed E-state index contributed by atoms with van der Waals surface area (Å²) in [6.45, 7) is 0. The van der Waals surface area contributed by atoms with Crippen LogP contribution in [-0.2, 0) is 16.3 Å². The largest absolute Gasteiger partial charge is 0.229 e. The van der Waals surface area contributed by atoms with Crippen LogP contribution < -0.4 is 0 Å². The minimum Gasteiger partial charge on any atom is -0.229 e. The van der Waals surface area contributed by atoms with Crippen LogP contribution in [0.15, 0.2) is 16.8 Å². The summed E-state index contributed by atoms with van der Waals surface area (Å²) in [6, 6.07) is 1.95. The second-order valence-electron chi connectivity index (χ2n) is 2.51. The molecule has 1 aromatic heterocycles. The second kappa shape index (κ2) is 3.36. The normalized spacial score (nSPS) is 11.7. The standard InChI is InChI=1S/C7H10O2S2/c1-11(8,9)5-3-7-2-4-10-6-7/h2,4,6H,3,5H2,1H3. The van der Waals surface area contributed by atoms with Crippen LogP contribution in [0, 0.1) is 0 Å². The summed E-state index contributed by atoms with van der Waals surface area (Å²) in [5, 5.41) is 3.93. The Bertz CT molecular complexity index is 297. The molecule has 0 spiro atoms. The molecular weight excluding hydrogens is 180 g/mol. The van der Waals surface area contributed by atoms with Crippen molar-refractivity contribution in [2.24, 2.45) is 0 Å². The zero-order valence-corrected chi connectivity index (χ0v) is 7.91. The van der Waals surface area contributed by atoms with E-state index in [2.05, 4.69) is 0 Å². The van der Waals surface area contributed by atoms with Crippen LogP contribution in [0.2, 0.25) is 0 Å². The van der Waals surface area contributed by atoms with Gasteiger partial charge in [-0.3, -0.25) is 0 Å². The van der Waals surface area contributed by atoms with Gasteiger partial charge in [0.1, 0.15) is 9.84 Å². The highest BCUT2D eigenvalue weighted by Gasteiger charge is 2.02. The van der Waals surface area contributed by atoms with E-state index in [1.165, 1.54) is 6.26 Å². The number of hydrogen-bond acceptors (Lipinski definition) is 3. The highest BCUT2D eigenvalue weighted by Crippen LogP contribution is 2.07. The number of rotatable bonds is 3. The Labute approximate surface area is 70.8 Å². The van der Waals surface area contributed by atoms with Crippen LogP contribution in [0.3, 0.4) is 0 Å². The van der Waals surface area contributed by atoms with E-state index in [1.54, 1.807) is 11.3 Å². The summed E-state index contributed by atoms with van der Waals surface area (Å²) in [5.74, 6) is 0.254. The lowest BCUT2D eigenvalue weighted by atomic mass is 10.3. The summed E-state index contributed by atoms with van der Waals surface area (Å²) in [7, 11) is -2.80. The first-order valence-corrected chi connectivity index (χ1v) is 6.27. The molecule has 0 aliphatic rings. The van der Waals surface area contributed by atoms with Gasteiger partial charge < -0.3 is 0 Å². The van der Waals surface area contributed by atoms with Crippen LogP contribution in [0.5, 0.6) is 0 Å². The highest BCUT2D eigenvalue weighted by atomic mass is 32.2. The summed E-state index contributed by atoms with van der Waals surface area (Å²) >= 11 is 1.60. The molecule has 0 radical (unpaired) electrons. The summed E-state index contributed by atoms with van der Waals surface area (Å²) in [6.07, 6.45) is 1.90. The predicted molar refractivity (Wildman–Crippen MR) is 47.7 cm³/mol. The lowest BCUT2D eigenvalue weighted by molar-refractivity contribution is 0.601. The topological polar surface area (TPSA) is 34.1 Å². The Morgan fingerprint density at radius 2 is 2.27 bits per heavy atom. The van der Waals surface area contributed by atoms with Crippen molar-refractivity contribution < 1.29 is 8.42 Å². The van der Waals surface area contributed by atoms with E-state index in [0.717, 1.165) is 5.56 Å². The van der Waals surface area contributed by atoms with Crippen molar-refractivity contribution in [1.82, 2.24) is 0 Å². The fourth-order valence-electron chi connectivity index (χ4n) is 0.738. The van der Waals surface area contributed by atoms with Crippen LogP contribution in [-0.4, -0.2) is 20.4 Å². The van der Waals surface area contributed by atoms with Gasteiger partial charge in [0.05, 0.1) is 5.75 Å². The first kappa shape index (κ1) is 8.74. The lowest BCUT2D eigenvalue weighted by Gasteiger charge is -1.94. The number of thiophene rings is 1. The molecule has 0 N–H and O–H groups in total. The van der Waals surface area contributed by atoms with Crippen molar-refractivity contribution in [3.63, 3.8) is 0 Å². The number of sulfone groups is 1. The van der Waals surface area contributed by atoms with E-state index in [0.29, 0.717) is 6.42 Å². The number of hydrogen-bond donors (Lipinski definition) is 0. The molecule has 62 valence electrons. The van der Waals surface area contributed by atoms with Crippen molar-refractivity contribution >= 4 is 21.2 Å². The highest BCUT2D eigenvalue weighted by molar-refractivity contribution is 7.90. The number of aryl methyl sites for hydroxylation is 1. The Kier molecular flexibility index (Phi) is 2.67. The average Bonchev–Trinajstić information content (AvgIpc) is 2.32. The molecule has 0 atom stereocenters. The molecule has 1 heterocycles. The Morgan fingerprint density at radius 1 is 1.55 bits per heavy atom. The maximum absolute atomic E-state index is 10.7. The summed E-state index contributed by atoms with van der Waals surface area (Å²) in [4.78, 5) is 0. The Balaban J connectivity index is 2.48. The molecular formula is C7H10O2S2. The second-order valence-corrected chi connectivity index (χ2v) is 5.55. The molecule has 0 aromatic carbocycles. The molecule has 0 amide bonds. The van der Waals surface area contributed by atoms with Crippen LogP contribution >= 0.6 is 11.3 Å². The fraction of sp³-hybridized carbons (Fsp3) is 0.429. The van der Waals surface area contributed by atoms with Gasteiger partial charge in [-0.1, -0.05) is 0 Å². The smallest absolute Gasteiger partial charge is 0.147 e.